The first-order chi connectivity index (χ1) is 11.6. The number of rotatable bonds is 5. The second kappa shape index (κ2) is 7.96. The van der Waals surface area contributed by atoms with Gasteiger partial charge in [-0.15, -0.1) is 11.3 Å². The van der Waals surface area contributed by atoms with Crippen LogP contribution in [0.25, 0.3) is 11.3 Å². The molecule has 0 saturated carbocycles. The molecular weight excluding hydrogens is 404 g/mol. The summed E-state index contributed by atoms with van der Waals surface area (Å²) in [5.41, 5.74) is 3.97. The quantitative estimate of drug-likeness (QED) is 0.547. The van der Waals surface area contributed by atoms with E-state index in [1.54, 1.807) is 11.3 Å². The fourth-order valence-electron chi connectivity index (χ4n) is 2.10. The van der Waals surface area contributed by atoms with Crippen LogP contribution in [0, 0.1) is 6.92 Å². The Kier molecular flexibility index (Phi) is 5.71. The summed E-state index contributed by atoms with van der Waals surface area (Å²) < 4.78 is 1.79. The van der Waals surface area contributed by atoms with Gasteiger partial charge in [-0.3, -0.25) is 4.79 Å². The molecule has 0 saturated heterocycles. The van der Waals surface area contributed by atoms with Gasteiger partial charge in [0, 0.05) is 15.4 Å². The summed E-state index contributed by atoms with van der Waals surface area (Å²) in [7, 11) is 0. The van der Waals surface area contributed by atoms with Gasteiger partial charge < -0.3 is 5.32 Å². The van der Waals surface area contributed by atoms with Crippen molar-refractivity contribution in [1.29, 1.82) is 0 Å². The molecule has 0 unspecified atom stereocenters. The van der Waals surface area contributed by atoms with Crippen molar-refractivity contribution in [1.82, 2.24) is 4.98 Å². The lowest BCUT2D eigenvalue weighted by Crippen LogP contribution is -2.14. The minimum Gasteiger partial charge on any atom is -0.324 e. The summed E-state index contributed by atoms with van der Waals surface area (Å²) in [6.45, 7) is 2.01. The third-order valence-corrected chi connectivity index (χ3v) is 5.96. The van der Waals surface area contributed by atoms with E-state index in [2.05, 4.69) is 26.2 Å². The van der Waals surface area contributed by atoms with Gasteiger partial charge in [0.25, 0.3) is 0 Å². The third kappa shape index (κ3) is 4.47. The molecule has 0 aliphatic carbocycles. The number of nitrogens with one attached hydrogen (secondary N) is 1. The van der Waals surface area contributed by atoms with Crippen LogP contribution in [0.2, 0.25) is 0 Å². The number of amides is 1. The highest BCUT2D eigenvalue weighted by atomic mass is 79.9. The lowest BCUT2D eigenvalue weighted by molar-refractivity contribution is -0.113. The summed E-state index contributed by atoms with van der Waals surface area (Å²) in [6.07, 6.45) is 0. The Hall–Kier alpha value is -1.63. The molecule has 0 atom stereocenters. The van der Waals surface area contributed by atoms with E-state index >= 15 is 0 Å². The van der Waals surface area contributed by atoms with Crippen LogP contribution in [0.1, 0.15) is 5.56 Å². The topological polar surface area (TPSA) is 42.0 Å². The first-order valence-corrected chi connectivity index (χ1v) is 9.97. The average molecular weight is 419 g/mol. The maximum absolute atomic E-state index is 12.1. The molecule has 3 rings (SSSR count). The number of carbonyl (C=O) groups excluding carboxylic acids is 1. The van der Waals surface area contributed by atoms with Crippen molar-refractivity contribution in [3.8, 4) is 11.3 Å². The van der Waals surface area contributed by atoms with Crippen LogP contribution < -0.4 is 5.32 Å². The number of nitrogens with zero attached hydrogens (tertiary/aromatic N) is 1. The highest BCUT2D eigenvalue weighted by Crippen LogP contribution is 2.29. The molecule has 122 valence electrons. The maximum atomic E-state index is 12.1. The maximum Gasteiger partial charge on any atom is 0.234 e. The fraction of sp³-hybridized carbons (Fsp3) is 0.111. The lowest BCUT2D eigenvalue weighted by Gasteiger charge is -2.07. The van der Waals surface area contributed by atoms with Gasteiger partial charge in [0.1, 0.15) is 0 Å². The number of carbonyl (C=O) groups is 1. The van der Waals surface area contributed by atoms with Crippen molar-refractivity contribution in [2.45, 2.75) is 11.3 Å². The van der Waals surface area contributed by atoms with E-state index in [1.807, 2.05) is 60.8 Å². The van der Waals surface area contributed by atoms with Crippen molar-refractivity contribution >= 4 is 50.6 Å². The molecule has 0 radical (unpaired) electrons. The molecule has 0 spiro atoms. The smallest absolute Gasteiger partial charge is 0.234 e. The Morgan fingerprint density at radius 3 is 2.79 bits per heavy atom. The monoisotopic (exact) mass is 418 g/mol. The number of thioether (sulfide) groups is 1. The standard InChI is InChI=1S/C18H15BrN2OS2/c1-12-7-8-15(14(19)9-12)20-17(22)11-24-18-21-16(10-23-18)13-5-3-2-4-6-13/h2-10H,11H2,1H3,(H,20,22). The highest BCUT2D eigenvalue weighted by molar-refractivity contribution is 9.10. The number of halogens is 1. The second-order valence-corrected chi connectivity index (χ2v) is 8.12. The molecule has 0 aliphatic heterocycles. The number of aromatic nitrogens is 1. The zero-order valence-corrected chi connectivity index (χ0v) is 16.2. The molecule has 6 heteroatoms. The number of hydrogen-bond acceptors (Lipinski definition) is 4. The summed E-state index contributed by atoms with van der Waals surface area (Å²) in [6, 6.07) is 15.9. The van der Waals surface area contributed by atoms with Gasteiger partial charge in [-0.25, -0.2) is 4.98 Å². The van der Waals surface area contributed by atoms with Crippen LogP contribution in [0.15, 0.2) is 62.7 Å². The number of benzene rings is 2. The summed E-state index contributed by atoms with van der Waals surface area (Å²) >= 11 is 6.48. The van der Waals surface area contributed by atoms with E-state index in [0.29, 0.717) is 5.75 Å². The van der Waals surface area contributed by atoms with Crippen LogP contribution in [-0.4, -0.2) is 16.6 Å². The van der Waals surface area contributed by atoms with Gasteiger partial charge in [-0.2, -0.15) is 0 Å². The molecule has 0 aliphatic rings. The molecule has 2 aromatic carbocycles. The Morgan fingerprint density at radius 1 is 1.25 bits per heavy atom. The molecule has 1 N–H and O–H groups in total. The zero-order valence-electron chi connectivity index (χ0n) is 13.0. The van der Waals surface area contributed by atoms with Crippen LogP contribution >= 0.6 is 39.0 Å². The van der Waals surface area contributed by atoms with E-state index < -0.39 is 0 Å². The number of aryl methyl sites for hydroxylation is 1. The molecule has 24 heavy (non-hydrogen) atoms. The Balaban J connectivity index is 1.58. The molecule has 1 heterocycles. The van der Waals surface area contributed by atoms with E-state index in [9.17, 15) is 4.79 Å². The van der Waals surface area contributed by atoms with Crippen LogP contribution in [0.4, 0.5) is 5.69 Å². The molecule has 3 aromatic rings. The third-order valence-electron chi connectivity index (χ3n) is 3.28. The van der Waals surface area contributed by atoms with Crippen LogP contribution in [-0.2, 0) is 4.79 Å². The highest BCUT2D eigenvalue weighted by Gasteiger charge is 2.09. The fourth-order valence-corrected chi connectivity index (χ4v) is 4.33. The summed E-state index contributed by atoms with van der Waals surface area (Å²) in [5.74, 6) is 0.295. The zero-order chi connectivity index (χ0) is 16.9. The van der Waals surface area contributed by atoms with E-state index in [4.69, 9.17) is 0 Å². The first kappa shape index (κ1) is 17.2. The Bertz CT molecular complexity index is 849. The molecule has 1 aromatic heterocycles. The van der Waals surface area contributed by atoms with Gasteiger partial charge in [0.05, 0.1) is 17.1 Å². The van der Waals surface area contributed by atoms with E-state index in [1.165, 1.54) is 11.8 Å². The lowest BCUT2D eigenvalue weighted by atomic mass is 10.2. The normalized spacial score (nSPS) is 10.6. The Morgan fingerprint density at radius 2 is 2.04 bits per heavy atom. The molecule has 0 bridgehead atoms. The molecule has 0 fully saturated rings. The van der Waals surface area contributed by atoms with Gasteiger partial charge in [0.15, 0.2) is 4.34 Å². The van der Waals surface area contributed by atoms with E-state index in [-0.39, 0.29) is 5.91 Å². The first-order valence-electron chi connectivity index (χ1n) is 7.31. The number of hydrogen-bond donors (Lipinski definition) is 1. The number of anilines is 1. The van der Waals surface area contributed by atoms with Crippen LogP contribution in [0.5, 0.6) is 0 Å². The minimum atomic E-state index is -0.0407. The molecule has 1 amide bonds. The van der Waals surface area contributed by atoms with E-state index in [0.717, 1.165) is 31.3 Å². The van der Waals surface area contributed by atoms with Crippen molar-refractivity contribution in [3.05, 3.63) is 63.9 Å². The van der Waals surface area contributed by atoms with Gasteiger partial charge >= 0.3 is 0 Å². The van der Waals surface area contributed by atoms with Gasteiger partial charge in [-0.1, -0.05) is 48.2 Å². The molecular formula is C18H15BrN2OS2. The predicted octanol–water partition coefficient (Wildman–Crippen LogP) is 5.61. The number of thiazole rings is 1. The minimum absolute atomic E-state index is 0.0407. The van der Waals surface area contributed by atoms with Crippen molar-refractivity contribution < 1.29 is 4.79 Å². The predicted molar refractivity (Wildman–Crippen MR) is 106 cm³/mol. The van der Waals surface area contributed by atoms with Crippen molar-refractivity contribution in [2.24, 2.45) is 0 Å². The summed E-state index contributed by atoms with van der Waals surface area (Å²) in [4.78, 5) is 16.7. The molecule has 3 nitrogen and oxygen atoms in total. The van der Waals surface area contributed by atoms with Crippen molar-refractivity contribution in [2.75, 3.05) is 11.1 Å². The van der Waals surface area contributed by atoms with Crippen LogP contribution in [0.3, 0.4) is 0 Å². The summed E-state index contributed by atoms with van der Waals surface area (Å²) in [5, 5.41) is 4.94. The largest absolute Gasteiger partial charge is 0.324 e. The second-order valence-electron chi connectivity index (χ2n) is 5.18. The SMILES string of the molecule is Cc1ccc(NC(=O)CSc2nc(-c3ccccc3)cs2)c(Br)c1. The van der Waals surface area contributed by atoms with Gasteiger partial charge in [-0.05, 0) is 40.5 Å². The average Bonchev–Trinajstić information content (AvgIpc) is 3.05. The van der Waals surface area contributed by atoms with Gasteiger partial charge in [0.2, 0.25) is 5.91 Å². The Labute approximate surface area is 157 Å². The van der Waals surface area contributed by atoms with Crippen molar-refractivity contribution in [3.63, 3.8) is 0 Å².